The first-order valence-electron chi connectivity index (χ1n) is 6.02. The normalized spacial score (nSPS) is 9.92. The van der Waals surface area contributed by atoms with E-state index in [-0.39, 0.29) is 0 Å². The number of hydrogen-bond acceptors (Lipinski definition) is 0. The van der Waals surface area contributed by atoms with Crippen molar-refractivity contribution in [3.8, 4) is 0 Å². The van der Waals surface area contributed by atoms with Crippen molar-refractivity contribution < 1.29 is 0 Å². The van der Waals surface area contributed by atoms with Gasteiger partial charge in [0.05, 0.1) is 0 Å². The molecule has 0 unspecified atom stereocenters. The Morgan fingerprint density at radius 1 is 0.923 bits per heavy atom. The second kappa shape index (κ2) is 11.8. The van der Waals surface area contributed by atoms with Gasteiger partial charge in [-0.3, -0.25) is 0 Å². The van der Waals surface area contributed by atoms with Crippen molar-refractivity contribution in [3.05, 3.63) is 12.7 Å². The fraction of sp³-hybridized carbons (Fsp3) is 0.833. The second-order valence-electron chi connectivity index (χ2n) is 3.91. The Hall–Kier alpha value is -0.195. The minimum absolute atomic E-state index is 1.20. The van der Waals surface area contributed by atoms with Gasteiger partial charge in [-0.05, 0) is 12.8 Å². The van der Waals surface area contributed by atoms with Gasteiger partial charge in [-0.1, -0.05) is 57.7 Å². The molecule has 0 rings (SSSR count). The van der Waals surface area contributed by atoms with Gasteiger partial charge in [0, 0.05) is 0 Å². The van der Waals surface area contributed by atoms with Gasteiger partial charge in [0.15, 0.2) is 0 Å². The molecule has 0 aliphatic carbocycles. The van der Waals surface area contributed by atoms with Gasteiger partial charge in [0.1, 0.15) is 7.28 Å². The molecule has 0 aromatic heterocycles. The number of unbranched alkanes of at least 4 members (excludes halogenated alkanes) is 7. The zero-order valence-electron chi connectivity index (χ0n) is 9.36. The highest BCUT2D eigenvalue weighted by Crippen LogP contribution is 2.09. The van der Waals surface area contributed by atoms with E-state index in [0.29, 0.717) is 0 Å². The predicted octanol–water partition coefficient (Wildman–Crippen LogP) is 4.20. The van der Waals surface area contributed by atoms with Crippen LogP contribution in [0.15, 0.2) is 12.7 Å². The molecule has 0 saturated carbocycles. The minimum atomic E-state index is 1.20. The van der Waals surface area contributed by atoms with Crippen molar-refractivity contribution in [1.82, 2.24) is 0 Å². The topological polar surface area (TPSA) is 0 Å². The molecule has 0 aromatic carbocycles. The molecular formula is C12H25B. The van der Waals surface area contributed by atoms with Crippen LogP contribution in [-0.2, 0) is 0 Å². The Kier molecular flexibility index (Phi) is 11.6. The predicted molar refractivity (Wildman–Crippen MR) is 65.0 cm³/mol. The first kappa shape index (κ1) is 12.8. The summed E-state index contributed by atoms with van der Waals surface area (Å²) in [5.74, 6) is 0. The molecule has 0 radical (unpaired) electrons. The van der Waals surface area contributed by atoms with Crippen molar-refractivity contribution in [2.45, 2.75) is 64.5 Å². The van der Waals surface area contributed by atoms with Crippen molar-refractivity contribution >= 4 is 7.28 Å². The van der Waals surface area contributed by atoms with Gasteiger partial charge >= 0.3 is 0 Å². The lowest BCUT2D eigenvalue weighted by atomic mass is 9.76. The number of allylic oxidation sites excluding steroid dienone is 1. The summed E-state index contributed by atoms with van der Waals surface area (Å²) in [5.41, 5.74) is 0. The number of hydrogen-bond donors (Lipinski definition) is 0. The fourth-order valence-electron chi connectivity index (χ4n) is 1.60. The first-order chi connectivity index (χ1) is 6.41. The van der Waals surface area contributed by atoms with Crippen molar-refractivity contribution in [1.29, 1.82) is 0 Å². The van der Waals surface area contributed by atoms with Gasteiger partial charge in [0.2, 0.25) is 0 Å². The van der Waals surface area contributed by atoms with Crippen molar-refractivity contribution in [2.75, 3.05) is 0 Å². The summed E-state index contributed by atoms with van der Waals surface area (Å²) >= 11 is 0. The molecule has 0 bridgehead atoms. The Balaban J connectivity index is 2.79. The van der Waals surface area contributed by atoms with Crippen LogP contribution in [0.3, 0.4) is 0 Å². The van der Waals surface area contributed by atoms with E-state index in [1.165, 1.54) is 65.0 Å². The highest BCUT2D eigenvalue weighted by molar-refractivity contribution is 6.33. The molecule has 13 heavy (non-hydrogen) atoms. The molecule has 1 heteroatoms. The number of rotatable bonds is 10. The van der Waals surface area contributed by atoms with Crippen LogP contribution in [0.4, 0.5) is 0 Å². The molecule has 0 heterocycles. The van der Waals surface area contributed by atoms with E-state index in [2.05, 4.69) is 13.4 Å². The van der Waals surface area contributed by atoms with Crippen molar-refractivity contribution in [2.24, 2.45) is 0 Å². The second-order valence-corrected chi connectivity index (χ2v) is 3.91. The largest absolute Gasteiger partial charge is 0.117 e. The molecule has 0 aliphatic heterocycles. The lowest BCUT2D eigenvalue weighted by molar-refractivity contribution is 0.592. The summed E-state index contributed by atoms with van der Waals surface area (Å²) in [4.78, 5) is 0. The Bertz CT molecular complexity index is 99.3. The summed E-state index contributed by atoms with van der Waals surface area (Å²) in [6.45, 7) is 6.00. The highest BCUT2D eigenvalue weighted by Gasteiger charge is 1.90. The molecule has 0 nitrogen and oxygen atoms in total. The van der Waals surface area contributed by atoms with Gasteiger partial charge in [-0.15, -0.1) is 6.58 Å². The lowest BCUT2D eigenvalue weighted by Gasteiger charge is -1.99. The fourth-order valence-corrected chi connectivity index (χ4v) is 1.60. The molecule has 0 fully saturated rings. The smallest absolute Gasteiger partial charge is 0.103 e. The minimum Gasteiger partial charge on any atom is -0.103 e. The monoisotopic (exact) mass is 180 g/mol. The zero-order chi connectivity index (χ0) is 9.78. The van der Waals surface area contributed by atoms with Crippen LogP contribution >= 0.6 is 0 Å². The highest BCUT2D eigenvalue weighted by atomic mass is 13.9. The molecule has 76 valence electrons. The SMILES string of the molecule is C=CCCCCCCCCCBC. The third-order valence-electron chi connectivity index (χ3n) is 2.51. The average Bonchev–Trinajstić information content (AvgIpc) is 2.16. The van der Waals surface area contributed by atoms with Crippen LogP contribution in [-0.4, -0.2) is 7.28 Å². The molecule has 0 N–H and O–H groups in total. The molecule has 0 aliphatic rings. The summed E-state index contributed by atoms with van der Waals surface area (Å²) in [6.07, 6.45) is 14.6. The maximum atomic E-state index is 3.73. The Morgan fingerprint density at radius 2 is 1.46 bits per heavy atom. The van der Waals surface area contributed by atoms with Gasteiger partial charge < -0.3 is 0 Å². The lowest BCUT2D eigenvalue weighted by Crippen LogP contribution is -1.83. The Labute approximate surface area is 85.1 Å². The molecule has 0 spiro atoms. The van der Waals surface area contributed by atoms with Crippen LogP contribution in [0.1, 0.15) is 51.4 Å². The molecule has 0 aromatic rings. The van der Waals surface area contributed by atoms with Gasteiger partial charge in [-0.2, -0.15) is 0 Å². The van der Waals surface area contributed by atoms with E-state index in [1.54, 1.807) is 0 Å². The van der Waals surface area contributed by atoms with E-state index in [1.807, 2.05) is 6.08 Å². The van der Waals surface area contributed by atoms with Crippen LogP contribution in [0.25, 0.3) is 0 Å². The Morgan fingerprint density at radius 3 is 2.00 bits per heavy atom. The third-order valence-corrected chi connectivity index (χ3v) is 2.51. The van der Waals surface area contributed by atoms with Crippen LogP contribution in [0.2, 0.25) is 13.1 Å². The van der Waals surface area contributed by atoms with E-state index in [4.69, 9.17) is 0 Å². The summed E-state index contributed by atoms with van der Waals surface area (Å²) < 4.78 is 0. The summed E-state index contributed by atoms with van der Waals surface area (Å²) in [5, 5.41) is 0. The molecule has 0 atom stereocenters. The van der Waals surface area contributed by atoms with Crippen LogP contribution in [0, 0.1) is 0 Å². The van der Waals surface area contributed by atoms with E-state index < -0.39 is 0 Å². The van der Waals surface area contributed by atoms with Gasteiger partial charge in [0.25, 0.3) is 0 Å². The average molecular weight is 180 g/mol. The van der Waals surface area contributed by atoms with E-state index in [9.17, 15) is 0 Å². The summed E-state index contributed by atoms with van der Waals surface area (Å²) in [7, 11) is 1.36. The molecule has 0 amide bonds. The van der Waals surface area contributed by atoms with Crippen LogP contribution < -0.4 is 0 Å². The zero-order valence-corrected chi connectivity index (χ0v) is 9.36. The van der Waals surface area contributed by atoms with Crippen LogP contribution in [0.5, 0.6) is 0 Å². The first-order valence-corrected chi connectivity index (χ1v) is 6.02. The van der Waals surface area contributed by atoms with Crippen molar-refractivity contribution in [3.63, 3.8) is 0 Å². The maximum absolute atomic E-state index is 3.73. The summed E-state index contributed by atoms with van der Waals surface area (Å²) in [6, 6.07) is 0. The quantitative estimate of drug-likeness (QED) is 0.268. The third kappa shape index (κ3) is 11.8. The van der Waals surface area contributed by atoms with Gasteiger partial charge in [-0.25, -0.2) is 0 Å². The standard InChI is InChI=1S/C12H25B/c1-3-4-5-6-7-8-9-10-11-12-13-2/h3,13H,1,4-12H2,2H3. The molecular weight excluding hydrogens is 155 g/mol. The van der Waals surface area contributed by atoms with E-state index >= 15 is 0 Å². The maximum Gasteiger partial charge on any atom is 0.117 e. The van der Waals surface area contributed by atoms with E-state index in [0.717, 1.165) is 0 Å². The molecule has 0 saturated heterocycles.